The number of nitrogens with one attached hydrogen (secondary N) is 4. The molecule has 2 aromatic rings. The number of hydrogen-bond donors (Lipinski definition) is 6. The molecular weight excluding hydrogens is 588 g/mol. The summed E-state index contributed by atoms with van der Waals surface area (Å²) >= 11 is 0. The van der Waals surface area contributed by atoms with Crippen molar-refractivity contribution < 1.29 is 29.4 Å². The van der Waals surface area contributed by atoms with Crippen molar-refractivity contribution in [3.63, 3.8) is 0 Å². The Kier molecular flexibility index (Phi) is 11.2. The molecule has 10 nitrogen and oxygen atoms in total. The summed E-state index contributed by atoms with van der Waals surface area (Å²) in [6.07, 6.45) is 7.58. The molecule has 4 rings (SSSR count). The molecule has 0 fully saturated rings. The van der Waals surface area contributed by atoms with Crippen LogP contribution in [-0.2, 0) is 38.4 Å². The molecule has 0 spiro atoms. The molecule has 2 amide bonds. The maximum absolute atomic E-state index is 12.3. The van der Waals surface area contributed by atoms with Crippen molar-refractivity contribution in [1.29, 1.82) is 0 Å². The molecule has 0 atom stereocenters. The average Bonchev–Trinajstić information content (AvgIpc) is 3.59. The van der Waals surface area contributed by atoms with Crippen molar-refractivity contribution in [2.24, 2.45) is 0 Å². The third-order valence-corrected chi connectivity index (χ3v) is 8.11. The second-order valence-electron chi connectivity index (χ2n) is 10.7. The van der Waals surface area contributed by atoms with Crippen molar-refractivity contribution in [2.75, 3.05) is 0 Å². The van der Waals surface area contributed by atoms with Gasteiger partial charge in [-0.25, -0.2) is 0 Å². The fourth-order valence-corrected chi connectivity index (χ4v) is 5.61. The first-order valence-corrected chi connectivity index (χ1v) is 13.9. The van der Waals surface area contributed by atoms with Gasteiger partial charge in [-0.15, -0.1) is 0 Å². The molecule has 0 aliphatic carbocycles. The SMILES string of the molecule is C=CC1=C(C)/C(=C/c2[nH]c(Cc3[nH]c(/C=C4\NC(=O)C(C)=C4C=C)c(C)c3CCC(=O)O)c(CCC(=O)O)c2C)NC1=O.[CaH2]. The standard InChI is InChI=1S/C33H36N4O6.Ca.2H/c1-7-20-19(6)32(42)37-27(20)14-25-18(5)23(10-12-31(40)41)29(35-25)15-28-22(9-11-30(38)39)17(4)24(34-28)13-26-16(3)21(8-2)33(43)36-26;;;/h7-8,13-14,34-35H,1-2,9-12,15H2,3-6H3,(H,36,43)(H,37,42)(H,38,39)(H,40,41);;;/b26-13-,27-14-;;;. The monoisotopic (exact) mass is 626 g/mol. The van der Waals surface area contributed by atoms with E-state index in [2.05, 4.69) is 33.8 Å². The van der Waals surface area contributed by atoms with Crippen LogP contribution < -0.4 is 10.6 Å². The number of carboxylic acid groups (broad SMARTS) is 2. The van der Waals surface area contributed by atoms with E-state index in [1.165, 1.54) is 6.08 Å². The molecule has 2 aliphatic rings. The Balaban J connectivity index is 0.00000529. The van der Waals surface area contributed by atoms with E-state index >= 15 is 0 Å². The number of H-pyrrole nitrogens is 2. The van der Waals surface area contributed by atoms with Crippen LogP contribution in [0.3, 0.4) is 0 Å². The predicted octanol–water partition coefficient (Wildman–Crippen LogP) is 3.62. The third kappa shape index (κ3) is 7.09. The van der Waals surface area contributed by atoms with Gasteiger partial charge in [-0.2, -0.15) is 0 Å². The molecular formula is C33H38CaN4O6. The number of aliphatic carboxylic acids is 2. The normalized spacial score (nSPS) is 16.5. The number of aromatic amines is 2. The van der Waals surface area contributed by atoms with Crippen LogP contribution in [0, 0.1) is 13.8 Å². The van der Waals surface area contributed by atoms with Crippen molar-refractivity contribution >= 4 is 73.6 Å². The number of carbonyl (C=O) groups is 4. The van der Waals surface area contributed by atoms with Crippen LogP contribution in [0.4, 0.5) is 0 Å². The van der Waals surface area contributed by atoms with Crippen LogP contribution in [-0.4, -0.2) is 81.7 Å². The van der Waals surface area contributed by atoms with Gasteiger partial charge in [-0.05, 0) is 80.5 Å². The zero-order chi connectivity index (χ0) is 31.6. The van der Waals surface area contributed by atoms with Crippen LogP contribution in [0.25, 0.3) is 12.2 Å². The van der Waals surface area contributed by atoms with E-state index < -0.39 is 11.9 Å². The Hall–Kier alpha value is -3.86. The zero-order valence-electron chi connectivity index (χ0n) is 24.8. The van der Waals surface area contributed by atoms with Crippen molar-refractivity contribution in [2.45, 2.75) is 59.8 Å². The topological polar surface area (TPSA) is 164 Å². The van der Waals surface area contributed by atoms with E-state index in [1.807, 2.05) is 32.9 Å². The number of amides is 2. The second kappa shape index (κ2) is 14.3. The molecule has 0 unspecified atom stereocenters. The maximum atomic E-state index is 12.3. The number of carboxylic acids is 2. The number of aromatic nitrogens is 2. The second-order valence-corrected chi connectivity index (χ2v) is 10.7. The molecule has 44 heavy (non-hydrogen) atoms. The summed E-state index contributed by atoms with van der Waals surface area (Å²) in [5, 5.41) is 24.6. The van der Waals surface area contributed by atoms with Gasteiger partial charge >= 0.3 is 49.7 Å². The molecule has 2 aliphatic heterocycles. The fourth-order valence-electron chi connectivity index (χ4n) is 5.61. The number of carbonyl (C=O) groups excluding carboxylic acids is 2. The zero-order valence-corrected chi connectivity index (χ0v) is 24.8. The van der Waals surface area contributed by atoms with Crippen LogP contribution in [0.5, 0.6) is 0 Å². The summed E-state index contributed by atoms with van der Waals surface area (Å²) in [5.74, 6) is -2.28. The van der Waals surface area contributed by atoms with Gasteiger partial charge in [-0.3, -0.25) is 19.2 Å². The van der Waals surface area contributed by atoms with Gasteiger partial charge in [-0.1, -0.05) is 25.3 Å². The van der Waals surface area contributed by atoms with Crippen LogP contribution >= 0.6 is 0 Å². The summed E-state index contributed by atoms with van der Waals surface area (Å²) in [4.78, 5) is 54.5. The summed E-state index contributed by atoms with van der Waals surface area (Å²) in [6.45, 7) is 14.9. The average molecular weight is 627 g/mol. The molecule has 11 heteroatoms. The van der Waals surface area contributed by atoms with Crippen LogP contribution in [0.1, 0.15) is 71.7 Å². The number of rotatable bonds is 12. The molecule has 6 N–H and O–H groups in total. The molecule has 0 bridgehead atoms. The van der Waals surface area contributed by atoms with E-state index in [9.17, 15) is 29.4 Å². The Morgan fingerprint density at radius 2 is 1.16 bits per heavy atom. The van der Waals surface area contributed by atoms with E-state index in [0.717, 1.165) is 50.6 Å². The first-order valence-electron chi connectivity index (χ1n) is 13.9. The molecule has 2 aromatic heterocycles. The first-order chi connectivity index (χ1) is 20.4. The number of allylic oxidation sites excluding steroid dienone is 2. The summed E-state index contributed by atoms with van der Waals surface area (Å²) in [5.41, 5.74) is 10.2. The minimum atomic E-state index is -0.922. The molecule has 0 radical (unpaired) electrons. The van der Waals surface area contributed by atoms with Gasteiger partial charge in [0.05, 0.1) is 5.70 Å². The minimum absolute atomic E-state index is 0. The summed E-state index contributed by atoms with van der Waals surface area (Å²) in [7, 11) is 0. The van der Waals surface area contributed by atoms with Gasteiger partial charge in [0.1, 0.15) is 0 Å². The fraction of sp³-hybridized carbons (Fsp3) is 0.273. The van der Waals surface area contributed by atoms with Gasteiger partial charge in [0.2, 0.25) is 0 Å². The van der Waals surface area contributed by atoms with Gasteiger partial charge < -0.3 is 30.8 Å². The molecule has 0 saturated heterocycles. The Labute approximate surface area is 285 Å². The molecule has 228 valence electrons. The van der Waals surface area contributed by atoms with Gasteiger partial charge in [0.15, 0.2) is 0 Å². The Morgan fingerprint density at radius 1 is 0.705 bits per heavy atom. The van der Waals surface area contributed by atoms with Crippen molar-refractivity contribution in [3.8, 4) is 0 Å². The summed E-state index contributed by atoms with van der Waals surface area (Å²) < 4.78 is 0. The van der Waals surface area contributed by atoms with E-state index in [1.54, 1.807) is 13.0 Å². The molecule has 0 saturated carbocycles. The van der Waals surface area contributed by atoms with E-state index in [-0.39, 0.29) is 75.2 Å². The van der Waals surface area contributed by atoms with Crippen molar-refractivity contribution in [3.05, 3.63) is 104 Å². The predicted molar refractivity (Wildman–Crippen MR) is 172 cm³/mol. The molecule has 0 aromatic carbocycles. The first kappa shape index (κ1) is 34.6. The van der Waals surface area contributed by atoms with E-state index in [0.29, 0.717) is 34.5 Å². The molecule has 4 heterocycles. The van der Waals surface area contributed by atoms with Crippen LogP contribution in [0.2, 0.25) is 0 Å². The van der Waals surface area contributed by atoms with Crippen LogP contribution in [0.15, 0.2) is 59.0 Å². The van der Waals surface area contributed by atoms with Gasteiger partial charge in [0, 0.05) is 64.5 Å². The Bertz CT molecular complexity index is 1710. The van der Waals surface area contributed by atoms with E-state index in [4.69, 9.17) is 0 Å². The third-order valence-electron chi connectivity index (χ3n) is 8.11. The van der Waals surface area contributed by atoms with Crippen molar-refractivity contribution in [1.82, 2.24) is 20.6 Å². The number of hydrogen-bond acceptors (Lipinski definition) is 4. The quantitative estimate of drug-likeness (QED) is 0.197. The van der Waals surface area contributed by atoms with Gasteiger partial charge in [0.25, 0.3) is 11.8 Å². The Morgan fingerprint density at radius 3 is 1.59 bits per heavy atom. The summed E-state index contributed by atoms with van der Waals surface area (Å²) in [6, 6.07) is 0.